The highest BCUT2D eigenvalue weighted by Gasteiger charge is 2.20. The molecule has 0 saturated carbocycles. The second-order valence-electron chi connectivity index (χ2n) is 7.17. The first-order chi connectivity index (χ1) is 13.4. The van der Waals surface area contributed by atoms with Gasteiger partial charge in [-0.2, -0.15) is 0 Å². The number of nitrogens with zero attached hydrogens (tertiary/aromatic N) is 4. The fourth-order valence-electron chi connectivity index (χ4n) is 3.37. The highest BCUT2D eigenvalue weighted by Crippen LogP contribution is 2.20. The second kappa shape index (κ2) is 8.39. The Balaban J connectivity index is 2.03. The molecule has 0 unspecified atom stereocenters. The Labute approximate surface area is 164 Å². The van der Waals surface area contributed by atoms with Crippen molar-refractivity contribution in [3.8, 4) is 0 Å². The Kier molecular flexibility index (Phi) is 5.93. The molecule has 9 nitrogen and oxygen atoms in total. The monoisotopic (exact) mass is 385 g/mol. The Morgan fingerprint density at radius 2 is 1.89 bits per heavy atom. The molecule has 2 aromatic rings. The molecule has 0 aromatic carbocycles. The SMILES string of the molecule is Cc1cc(Nc2ncnc(N)c2C)c(=O)n2c1C(=O)NCCCN(C)CCC2. The van der Waals surface area contributed by atoms with Crippen molar-refractivity contribution in [1.82, 2.24) is 24.8 Å². The highest BCUT2D eigenvalue weighted by atomic mass is 16.2. The van der Waals surface area contributed by atoms with Gasteiger partial charge in [0.2, 0.25) is 0 Å². The van der Waals surface area contributed by atoms with Crippen LogP contribution in [0.4, 0.5) is 17.3 Å². The largest absolute Gasteiger partial charge is 0.383 e. The van der Waals surface area contributed by atoms with Crippen molar-refractivity contribution in [2.75, 3.05) is 37.7 Å². The highest BCUT2D eigenvalue weighted by molar-refractivity contribution is 5.94. The number of rotatable bonds is 2. The minimum atomic E-state index is -0.255. The van der Waals surface area contributed by atoms with Crippen molar-refractivity contribution >= 4 is 23.2 Å². The van der Waals surface area contributed by atoms with Crippen molar-refractivity contribution in [3.63, 3.8) is 0 Å². The van der Waals surface area contributed by atoms with Crippen LogP contribution in [0.2, 0.25) is 0 Å². The van der Waals surface area contributed by atoms with Gasteiger partial charge in [0.1, 0.15) is 29.3 Å². The topological polar surface area (TPSA) is 118 Å². The van der Waals surface area contributed by atoms with Gasteiger partial charge in [-0.25, -0.2) is 9.97 Å². The molecule has 0 fully saturated rings. The quantitative estimate of drug-likeness (QED) is 0.707. The Hall–Kier alpha value is -2.94. The number of nitrogen functional groups attached to an aromatic ring is 1. The van der Waals surface area contributed by atoms with Gasteiger partial charge in [-0.05, 0) is 58.5 Å². The molecule has 1 amide bonds. The molecule has 3 heterocycles. The zero-order valence-electron chi connectivity index (χ0n) is 16.6. The van der Waals surface area contributed by atoms with E-state index in [4.69, 9.17) is 5.73 Å². The molecule has 28 heavy (non-hydrogen) atoms. The molecule has 0 spiro atoms. The summed E-state index contributed by atoms with van der Waals surface area (Å²) < 4.78 is 1.56. The van der Waals surface area contributed by atoms with Gasteiger partial charge in [-0.1, -0.05) is 0 Å². The van der Waals surface area contributed by atoms with Gasteiger partial charge in [0.25, 0.3) is 11.5 Å². The third kappa shape index (κ3) is 4.14. The van der Waals surface area contributed by atoms with E-state index in [2.05, 4.69) is 32.5 Å². The van der Waals surface area contributed by atoms with E-state index in [9.17, 15) is 9.59 Å². The van der Waals surface area contributed by atoms with Crippen LogP contribution in [0.3, 0.4) is 0 Å². The second-order valence-corrected chi connectivity index (χ2v) is 7.17. The Morgan fingerprint density at radius 3 is 2.68 bits per heavy atom. The Bertz CT molecular complexity index is 939. The number of amides is 1. The van der Waals surface area contributed by atoms with Gasteiger partial charge >= 0.3 is 0 Å². The van der Waals surface area contributed by atoms with Crippen LogP contribution in [0.15, 0.2) is 17.2 Å². The lowest BCUT2D eigenvalue weighted by Gasteiger charge is -2.18. The summed E-state index contributed by atoms with van der Waals surface area (Å²) in [5, 5.41) is 5.99. The summed E-state index contributed by atoms with van der Waals surface area (Å²) >= 11 is 0. The maximum absolute atomic E-state index is 13.2. The molecule has 1 aliphatic heterocycles. The van der Waals surface area contributed by atoms with Crippen LogP contribution in [-0.4, -0.2) is 52.0 Å². The van der Waals surface area contributed by atoms with Gasteiger partial charge in [0.05, 0.1) is 0 Å². The van der Waals surface area contributed by atoms with Crippen LogP contribution >= 0.6 is 0 Å². The van der Waals surface area contributed by atoms with E-state index in [1.807, 2.05) is 6.92 Å². The number of anilines is 3. The lowest BCUT2D eigenvalue weighted by Crippen LogP contribution is -2.34. The van der Waals surface area contributed by atoms with Crippen molar-refractivity contribution in [1.29, 1.82) is 0 Å². The minimum absolute atomic E-state index is 0.215. The van der Waals surface area contributed by atoms with E-state index in [1.54, 1.807) is 17.6 Å². The third-order valence-corrected chi connectivity index (χ3v) is 4.99. The van der Waals surface area contributed by atoms with Gasteiger partial charge in [0.15, 0.2) is 0 Å². The van der Waals surface area contributed by atoms with Crippen LogP contribution in [0.1, 0.15) is 34.5 Å². The number of nitrogens with two attached hydrogens (primary N) is 1. The molecule has 0 radical (unpaired) electrons. The van der Waals surface area contributed by atoms with E-state index < -0.39 is 0 Å². The molecule has 4 N–H and O–H groups in total. The van der Waals surface area contributed by atoms with E-state index in [-0.39, 0.29) is 11.5 Å². The lowest BCUT2D eigenvalue weighted by atomic mass is 10.1. The molecule has 0 bridgehead atoms. The third-order valence-electron chi connectivity index (χ3n) is 4.99. The molecular weight excluding hydrogens is 358 g/mol. The smallest absolute Gasteiger partial charge is 0.274 e. The maximum Gasteiger partial charge on any atom is 0.274 e. The number of nitrogens with one attached hydrogen (secondary N) is 2. The minimum Gasteiger partial charge on any atom is -0.383 e. The molecule has 0 atom stereocenters. The zero-order chi connectivity index (χ0) is 20.3. The number of aryl methyl sites for hydroxylation is 1. The number of pyridine rings is 1. The average Bonchev–Trinajstić information content (AvgIpc) is 2.68. The Morgan fingerprint density at radius 1 is 1.14 bits per heavy atom. The fourth-order valence-corrected chi connectivity index (χ4v) is 3.37. The molecule has 2 aromatic heterocycles. The number of carbonyl (C=O) groups is 1. The van der Waals surface area contributed by atoms with Gasteiger partial charge in [-0.15, -0.1) is 0 Å². The first kappa shape index (κ1) is 19.8. The first-order valence-electron chi connectivity index (χ1n) is 9.43. The van der Waals surface area contributed by atoms with Crippen molar-refractivity contribution < 1.29 is 4.79 Å². The van der Waals surface area contributed by atoms with Crippen LogP contribution in [0.5, 0.6) is 0 Å². The number of carbonyl (C=O) groups excluding carboxylic acids is 1. The lowest BCUT2D eigenvalue weighted by molar-refractivity contribution is 0.0941. The normalized spacial score (nSPS) is 16.0. The van der Waals surface area contributed by atoms with Crippen LogP contribution in [0.25, 0.3) is 0 Å². The van der Waals surface area contributed by atoms with Gasteiger partial charge in [-0.3, -0.25) is 9.59 Å². The molecule has 0 saturated heterocycles. The summed E-state index contributed by atoms with van der Waals surface area (Å²) in [5.41, 5.74) is 7.75. The number of aromatic nitrogens is 3. The van der Waals surface area contributed by atoms with Gasteiger partial charge in [0, 0.05) is 18.7 Å². The zero-order valence-corrected chi connectivity index (χ0v) is 16.6. The number of hydrogen-bond acceptors (Lipinski definition) is 7. The van der Waals surface area contributed by atoms with E-state index in [0.717, 1.165) is 31.5 Å². The predicted molar refractivity (Wildman–Crippen MR) is 109 cm³/mol. The summed E-state index contributed by atoms with van der Waals surface area (Å²) in [6.45, 7) is 6.44. The summed E-state index contributed by atoms with van der Waals surface area (Å²) in [6.07, 6.45) is 3.00. The summed E-state index contributed by atoms with van der Waals surface area (Å²) in [7, 11) is 2.05. The fraction of sp³-hybridized carbons (Fsp3) is 0.474. The van der Waals surface area contributed by atoms with Crippen molar-refractivity contribution in [2.45, 2.75) is 33.2 Å². The molecule has 9 heteroatoms. The summed E-state index contributed by atoms with van der Waals surface area (Å²) in [4.78, 5) is 36.2. The van der Waals surface area contributed by atoms with E-state index in [0.29, 0.717) is 41.7 Å². The molecule has 1 aliphatic rings. The average molecular weight is 385 g/mol. The molecule has 0 aliphatic carbocycles. The van der Waals surface area contributed by atoms with Crippen molar-refractivity contribution in [2.24, 2.45) is 0 Å². The summed E-state index contributed by atoms with van der Waals surface area (Å²) in [5.74, 6) is 0.616. The first-order valence-corrected chi connectivity index (χ1v) is 9.43. The summed E-state index contributed by atoms with van der Waals surface area (Å²) in [6, 6.07) is 1.69. The van der Waals surface area contributed by atoms with Crippen LogP contribution < -0.4 is 21.9 Å². The number of hydrogen-bond donors (Lipinski definition) is 3. The van der Waals surface area contributed by atoms with Crippen LogP contribution in [0, 0.1) is 13.8 Å². The molecule has 3 rings (SSSR count). The van der Waals surface area contributed by atoms with E-state index >= 15 is 0 Å². The number of fused-ring (bicyclic) bond motifs is 1. The standard InChI is InChI=1S/C19H27N7O2/c1-12-10-14(24-17-13(2)16(20)22-11-23-17)19(28)26-9-5-8-25(3)7-4-6-21-18(27)15(12)26/h10-11H,4-9H2,1-3H3,(H,21,27)(H3,20,22,23,24). The maximum atomic E-state index is 13.2. The van der Waals surface area contributed by atoms with E-state index in [1.165, 1.54) is 6.33 Å². The predicted octanol–water partition coefficient (Wildman–Crippen LogP) is 1.04. The molecule has 150 valence electrons. The molecular formula is C19H27N7O2. The van der Waals surface area contributed by atoms with Gasteiger partial charge < -0.3 is 25.8 Å². The van der Waals surface area contributed by atoms with Crippen LogP contribution in [-0.2, 0) is 6.54 Å². The van der Waals surface area contributed by atoms with Crippen molar-refractivity contribution in [3.05, 3.63) is 39.6 Å².